The minimum atomic E-state index is -0.765. The van der Waals surface area contributed by atoms with Crippen molar-refractivity contribution in [2.45, 2.75) is 66.1 Å². The summed E-state index contributed by atoms with van der Waals surface area (Å²) >= 11 is 0. The number of aliphatic hydroxyl groups is 2. The normalized spacial score (nSPS) is 12.6. The minimum Gasteiger partial charge on any atom is -0.442 e. The van der Waals surface area contributed by atoms with Gasteiger partial charge in [-0.05, 0) is 38.1 Å². The Hall–Kier alpha value is -6.16. The van der Waals surface area contributed by atoms with Gasteiger partial charge in [0.2, 0.25) is 11.4 Å². The van der Waals surface area contributed by atoms with Gasteiger partial charge in [0.25, 0.3) is 22.9 Å². The molecule has 0 bridgehead atoms. The number of carbonyl (C=O) groups is 2. The number of tetrazole rings is 2. The summed E-state index contributed by atoms with van der Waals surface area (Å²) in [6.45, 7) is 6.72. The molecule has 6 aromatic heterocycles. The van der Waals surface area contributed by atoms with E-state index in [0.717, 1.165) is 0 Å². The summed E-state index contributed by atoms with van der Waals surface area (Å²) in [5.74, 6) is -0.827. The van der Waals surface area contributed by atoms with E-state index in [1.165, 1.54) is 38.3 Å². The zero-order chi connectivity index (χ0) is 34.9. The van der Waals surface area contributed by atoms with Crippen LogP contribution in [0.2, 0.25) is 0 Å². The molecule has 252 valence electrons. The number of hydrogen-bond donors (Lipinski definition) is 4. The summed E-state index contributed by atoms with van der Waals surface area (Å²) in [4.78, 5) is 58.5. The molecular formula is C26H30N14O8. The summed E-state index contributed by atoms with van der Waals surface area (Å²) in [5.41, 5.74) is 10.1. The molecule has 6 rings (SSSR count). The first-order valence-electron chi connectivity index (χ1n) is 14.2. The van der Waals surface area contributed by atoms with Gasteiger partial charge in [0.15, 0.2) is 17.4 Å². The van der Waals surface area contributed by atoms with Crippen LogP contribution in [0.5, 0.6) is 0 Å². The molecule has 6 heterocycles. The average Bonchev–Trinajstić information content (AvgIpc) is 3.78. The first kappa shape index (κ1) is 33.2. The highest BCUT2D eigenvalue weighted by Crippen LogP contribution is 2.21. The lowest BCUT2D eigenvalue weighted by Crippen LogP contribution is -2.24. The van der Waals surface area contributed by atoms with Gasteiger partial charge in [0.1, 0.15) is 29.2 Å². The van der Waals surface area contributed by atoms with E-state index in [1.807, 2.05) is 0 Å². The van der Waals surface area contributed by atoms with Crippen LogP contribution in [0.1, 0.15) is 57.7 Å². The van der Waals surface area contributed by atoms with Crippen molar-refractivity contribution in [1.82, 2.24) is 59.5 Å². The van der Waals surface area contributed by atoms with Crippen molar-refractivity contribution in [3.05, 3.63) is 67.7 Å². The molecule has 0 saturated heterocycles. The average molecular weight is 667 g/mol. The number of aryl methyl sites for hydroxylation is 2. The maximum Gasteiger partial charge on any atom is 0.284 e. The standard InChI is InChI=1S/2C13H15N7O4/c1-6(21)3-20-17-8(16-18-20)4-19-5-15-12-10(13(19)23)9(11(14)22)7(2)24-12;1-6(21)3-20-17-8(16-18-20)4-19-5-15-12-9(13(19)23)7(2)10(24-12)11(14)22/h2*5-6,21H,3-4H2,1-2H3,(H2,14,22)/t2*6-/m11/s1. The van der Waals surface area contributed by atoms with Crippen LogP contribution >= 0.6 is 0 Å². The number of aromatic nitrogens is 12. The van der Waals surface area contributed by atoms with Crippen molar-refractivity contribution in [2.24, 2.45) is 11.5 Å². The summed E-state index contributed by atoms with van der Waals surface area (Å²) in [5, 5.41) is 42.2. The third kappa shape index (κ3) is 6.82. The number of primary amides is 2. The second-order valence-electron chi connectivity index (χ2n) is 10.8. The molecule has 0 unspecified atom stereocenters. The van der Waals surface area contributed by atoms with Crippen LogP contribution in [-0.2, 0) is 26.2 Å². The third-order valence-electron chi connectivity index (χ3n) is 6.71. The van der Waals surface area contributed by atoms with E-state index in [0.29, 0.717) is 5.56 Å². The van der Waals surface area contributed by atoms with Crippen molar-refractivity contribution in [3.63, 3.8) is 0 Å². The van der Waals surface area contributed by atoms with Crippen molar-refractivity contribution in [1.29, 1.82) is 0 Å². The van der Waals surface area contributed by atoms with E-state index in [9.17, 15) is 29.4 Å². The minimum absolute atomic E-state index is 0.00398. The SMILES string of the molecule is Cc1c(C(N)=O)oc2ncn(Cc3nnn(C[C@@H](C)O)n3)c(=O)c12.Cc1oc2ncn(Cc3nnn(C[C@@H](C)O)n3)c(=O)c2c1C(N)=O. The molecule has 6 aromatic rings. The van der Waals surface area contributed by atoms with Crippen molar-refractivity contribution in [3.8, 4) is 0 Å². The molecule has 22 heteroatoms. The number of aliphatic hydroxyl groups excluding tert-OH is 2. The van der Waals surface area contributed by atoms with Gasteiger partial charge in [-0.25, -0.2) is 9.97 Å². The fraction of sp³-hybridized carbons (Fsp3) is 0.385. The molecule has 0 aliphatic heterocycles. The lowest BCUT2D eigenvalue weighted by Gasteiger charge is -2.02. The molecule has 0 radical (unpaired) electrons. The van der Waals surface area contributed by atoms with Crippen molar-refractivity contribution < 1.29 is 28.6 Å². The molecule has 0 aromatic carbocycles. The predicted molar refractivity (Wildman–Crippen MR) is 160 cm³/mol. The lowest BCUT2D eigenvalue weighted by molar-refractivity contribution is 0.0972. The van der Waals surface area contributed by atoms with Gasteiger partial charge in [-0.15, -0.1) is 20.4 Å². The van der Waals surface area contributed by atoms with E-state index in [2.05, 4.69) is 40.8 Å². The van der Waals surface area contributed by atoms with E-state index in [1.54, 1.807) is 20.8 Å². The second-order valence-corrected chi connectivity index (χ2v) is 10.8. The van der Waals surface area contributed by atoms with Crippen LogP contribution in [0.15, 0.2) is 31.1 Å². The maximum absolute atomic E-state index is 12.6. The van der Waals surface area contributed by atoms with Crippen LogP contribution < -0.4 is 22.6 Å². The van der Waals surface area contributed by atoms with E-state index in [4.69, 9.17) is 20.3 Å². The number of rotatable bonds is 10. The summed E-state index contributed by atoms with van der Waals surface area (Å²) in [7, 11) is 0. The Morgan fingerprint density at radius 2 is 1.27 bits per heavy atom. The smallest absolute Gasteiger partial charge is 0.284 e. The number of nitrogens with zero attached hydrogens (tertiary/aromatic N) is 12. The molecule has 48 heavy (non-hydrogen) atoms. The second kappa shape index (κ2) is 13.3. The highest BCUT2D eigenvalue weighted by Gasteiger charge is 2.22. The molecule has 0 saturated carbocycles. The number of amides is 2. The largest absolute Gasteiger partial charge is 0.442 e. The molecule has 2 amide bonds. The van der Waals surface area contributed by atoms with Crippen LogP contribution in [0.3, 0.4) is 0 Å². The molecule has 0 fully saturated rings. The zero-order valence-electron chi connectivity index (χ0n) is 26.0. The van der Waals surface area contributed by atoms with Gasteiger partial charge in [-0.1, -0.05) is 0 Å². The monoisotopic (exact) mass is 666 g/mol. The Morgan fingerprint density at radius 1 is 0.792 bits per heavy atom. The Bertz CT molecular complexity index is 2250. The van der Waals surface area contributed by atoms with Crippen molar-refractivity contribution >= 4 is 34.0 Å². The van der Waals surface area contributed by atoms with Gasteiger partial charge < -0.3 is 30.5 Å². The molecule has 2 atom stereocenters. The fourth-order valence-corrected chi connectivity index (χ4v) is 4.67. The number of carbonyl (C=O) groups excluding carboxylic acids is 2. The molecule has 22 nitrogen and oxygen atoms in total. The van der Waals surface area contributed by atoms with E-state index in [-0.39, 0.29) is 77.1 Å². The summed E-state index contributed by atoms with van der Waals surface area (Å²) in [6, 6.07) is 0. The first-order valence-corrected chi connectivity index (χ1v) is 14.2. The van der Waals surface area contributed by atoms with Gasteiger partial charge >= 0.3 is 0 Å². The summed E-state index contributed by atoms with van der Waals surface area (Å²) < 4.78 is 13.0. The molecule has 0 aliphatic rings. The van der Waals surface area contributed by atoms with Crippen LogP contribution in [0.4, 0.5) is 0 Å². The van der Waals surface area contributed by atoms with E-state index >= 15 is 0 Å². The Labute approximate surface area is 267 Å². The molecule has 0 aliphatic carbocycles. The molecular weight excluding hydrogens is 636 g/mol. The van der Waals surface area contributed by atoms with Crippen LogP contribution in [0.25, 0.3) is 22.2 Å². The third-order valence-corrected chi connectivity index (χ3v) is 6.71. The Balaban J connectivity index is 0.000000188. The number of furan rings is 2. The quantitative estimate of drug-likeness (QED) is 0.119. The first-order chi connectivity index (χ1) is 22.7. The van der Waals surface area contributed by atoms with Gasteiger partial charge in [0.05, 0.1) is 44.0 Å². The Kier molecular flexibility index (Phi) is 9.19. The maximum atomic E-state index is 12.6. The van der Waals surface area contributed by atoms with Gasteiger partial charge in [-0.2, -0.15) is 9.59 Å². The van der Waals surface area contributed by atoms with Crippen molar-refractivity contribution in [2.75, 3.05) is 0 Å². The highest BCUT2D eigenvalue weighted by molar-refractivity contribution is 6.05. The Morgan fingerprint density at radius 3 is 1.73 bits per heavy atom. The zero-order valence-corrected chi connectivity index (χ0v) is 26.0. The number of fused-ring (bicyclic) bond motifs is 2. The number of nitrogens with two attached hydrogens (primary N) is 2. The summed E-state index contributed by atoms with van der Waals surface area (Å²) in [6.07, 6.45) is 1.30. The fourth-order valence-electron chi connectivity index (χ4n) is 4.67. The number of hydrogen-bond acceptors (Lipinski definition) is 16. The molecule has 0 spiro atoms. The lowest BCUT2D eigenvalue weighted by atomic mass is 10.2. The van der Waals surface area contributed by atoms with Crippen LogP contribution in [0, 0.1) is 13.8 Å². The van der Waals surface area contributed by atoms with Gasteiger partial charge in [0, 0.05) is 5.56 Å². The topological polar surface area (TPSA) is 310 Å². The highest BCUT2D eigenvalue weighted by atomic mass is 16.4. The predicted octanol–water partition coefficient (Wildman–Crippen LogP) is -2.38. The van der Waals surface area contributed by atoms with E-state index < -0.39 is 35.1 Å². The van der Waals surface area contributed by atoms with Crippen LogP contribution in [-0.4, -0.2) is 93.8 Å². The van der Waals surface area contributed by atoms with Gasteiger partial charge in [-0.3, -0.25) is 28.3 Å². The molecule has 6 N–H and O–H groups in total.